The van der Waals surface area contributed by atoms with E-state index in [1.807, 2.05) is 18.2 Å². The van der Waals surface area contributed by atoms with Crippen LogP contribution in [0.4, 0.5) is 0 Å². The molecule has 6 heteroatoms. The van der Waals surface area contributed by atoms with Crippen LogP contribution in [-0.2, 0) is 16.7 Å². The smallest absolute Gasteiger partial charge is 0.191 e. The maximum atomic E-state index is 5.69. The molecule has 0 unspecified atom stereocenters. The molecule has 0 spiro atoms. The lowest BCUT2D eigenvalue weighted by Gasteiger charge is -2.39. The number of hydrogen-bond acceptors (Lipinski definition) is 4. The molecule has 1 fully saturated rings. The maximum absolute atomic E-state index is 5.69. The van der Waals surface area contributed by atoms with Crippen LogP contribution < -0.4 is 20.1 Å². The minimum Gasteiger partial charge on any atom is -0.497 e. The average Bonchev–Trinajstić information content (AvgIpc) is 2.81. The summed E-state index contributed by atoms with van der Waals surface area (Å²) in [4.78, 5) is 4.82. The Morgan fingerprint density at radius 1 is 1.06 bits per heavy atom. The Morgan fingerprint density at radius 2 is 1.84 bits per heavy atom. The van der Waals surface area contributed by atoms with Gasteiger partial charge in [-0.1, -0.05) is 24.3 Å². The molecule has 3 rings (SSSR count). The fourth-order valence-electron chi connectivity index (χ4n) is 4.21. The molecule has 0 radical (unpaired) electrons. The number of nitrogens with zero attached hydrogens (tertiary/aromatic N) is 1. The molecule has 2 aromatic rings. The lowest BCUT2D eigenvalue weighted by Crippen LogP contribution is -2.48. The van der Waals surface area contributed by atoms with E-state index in [9.17, 15) is 0 Å². The van der Waals surface area contributed by atoms with Crippen LogP contribution in [0.25, 0.3) is 0 Å². The Balaban J connectivity index is 1.78. The monoisotopic (exact) mass is 425 g/mol. The molecule has 1 aliphatic heterocycles. The first kappa shape index (κ1) is 22.9. The summed E-state index contributed by atoms with van der Waals surface area (Å²) in [6.07, 6.45) is 1.99. The number of rotatable bonds is 8. The molecular formula is C25H35N3O3. The third kappa shape index (κ3) is 5.70. The van der Waals surface area contributed by atoms with Gasteiger partial charge in [0.1, 0.15) is 11.5 Å². The van der Waals surface area contributed by atoms with Crippen molar-refractivity contribution < 1.29 is 14.2 Å². The van der Waals surface area contributed by atoms with Crippen molar-refractivity contribution in [3.05, 3.63) is 59.2 Å². The van der Waals surface area contributed by atoms with Gasteiger partial charge in [-0.15, -0.1) is 0 Å². The Labute approximate surface area is 186 Å². The van der Waals surface area contributed by atoms with E-state index in [-0.39, 0.29) is 5.41 Å². The van der Waals surface area contributed by atoms with Gasteiger partial charge in [-0.2, -0.15) is 0 Å². The van der Waals surface area contributed by atoms with Crippen molar-refractivity contribution in [2.24, 2.45) is 4.99 Å². The topological polar surface area (TPSA) is 64.1 Å². The number of ether oxygens (including phenoxy) is 3. The van der Waals surface area contributed by atoms with Crippen molar-refractivity contribution in [1.29, 1.82) is 0 Å². The Kier molecular flexibility index (Phi) is 8.18. The third-order valence-corrected chi connectivity index (χ3v) is 6.01. The standard InChI is InChI=1S/C25H35N3O3/c1-5-26-24(27-17-20-10-11-21(29-3)16-23(20)30-4)28-18-25(12-14-31-15-13-25)22-9-7-6-8-19(22)2/h6-11,16H,5,12-15,17-18H2,1-4H3,(H2,26,27,28). The Hall–Kier alpha value is -2.73. The highest BCUT2D eigenvalue weighted by Gasteiger charge is 2.35. The summed E-state index contributed by atoms with van der Waals surface area (Å²) in [6.45, 7) is 7.97. The molecule has 0 amide bonds. The van der Waals surface area contributed by atoms with Gasteiger partial charge in [-0.05, 0) is 49.9 Å². The number of benzene rings is 2. The van der Waals surface area contributed by atoms with Crippen LogP contribution in [0.3, 0.4) is 0 Å². The van der Waals surface area contributed by atoms with Crippen molar-refractivity contribution in [3.63, 3.8) is 0 Å². The van der Waals surface area contributed by atoms with E-state index in [0.717, 1.165) is 62.2 Å². The van der Waals surface area contributed by atoms with Crippen LogP contribution in [0.1, 0.15) is 36.5 Å². The second kappa shape index (κ2) is 11.0. The van der Waals surface area contributed by atoms with Crippen LogP contribution >= 0.6 is 0 Å². The van der Waals surface area contributed by atoms with E-state index in [2.05, 4.69) is 48.7 Å². The molecule has 2 aromatic carbocycles. The van der Waals surface area contributed by atoms with Gasteiger partial charge in [0.25, 0.3) is 0 Å². The van der Waals surface area contributed by atoms with Gasteiger partial charge in [0, 0.05) is 43.3 Å². The lowest BCUT2D eigenvalue weighted by atomic mass is 9.72. The number of guanidine groups is 1. The second-order valence-electron chi connectivity index (χ2n) is 7.93. The molecule has 0 aliphatic carbocycles. The molecule has 6 nitrogen and oxygen atoms in total. The van der Waals surface area contributed by atoms with E-state index < -0.39 is 0 Å². The zero-order chi connectivity index (χ0) is 22.1. The van der Waals surface area contributed by atoms with Gasteiger partial charge in [-0.25, -0.2) is 4.99 Å². The maximum Gasteiger partial charge on any atom is 0.191 e. The summed E-state index contributed by atoms with van der Waals surface area (Å²) < 4.78 is 16.5. The fourth-order valence-corrected chi connectivity index (χ4v) is 4.21. The number of nitrogens with one attached hydrogen (secondary N) is 2. The zero-order valence-corrected chi connectivity index (χ0v) is 19.2. The van der Waals surface area contributed by atoms with Gasteiger partial charge in [-0.3, -0.25) is 0 Å². The number of hydrogen-bond donors (Lipinski definition) is 2. The quantitative estimate of drug-likeness (QED) is 0.497. The summed E-state index contributed by atoms with van der Waals surface area (Å²) >= 11 is 0. The van der Waals surface area contributed by atoms with Gasteiger partial charge < -0.3 is 24.8 Å². The molecule has 0 bridgehead atoms. The number of aryl methyl sites for hydroxylation is 1. The Bertz CT molecular complexity index is 876. The first-order valence-electron chi connectivity index (χ1n) is 11.0. The lowest BCUT2D eigenvalue weighted by molar-refractivity contribution is 0.0512. The van der Waals surface area contributed by atoms with Crippen molar-refractivity contribution in [1.82, 2.24) is 10.6 Å². The van der Waals surface area contributed by atoms with Gasteiger partial charge in [0.2, 0.25) is 0 Å². The summed E-state index contributed by atoms with van der Waals surface area (Å²) in [5.74, 6) is 2.36. The molecule has 1 aliphatic rings. The van der Waals surface area contributed by atoms with E-state index >= 15 is 0 Å². The summed E-state index contributed by atoms with van der Waals surface area (Å²) in [6, 6.07) is 14.5. The second-order valence-corrected chi connectivity index (χ2v) is 7.93. The predicted molar refractivity (Wildman–Crippen MR) is 125 cm³/mol. The first-order valence-corrected chi connectivity index (χ1v) is 11.0. The van der Waals surface area contributed by atoms with Crippen LogP contribution in [-0.4, -0.2) is 46.5 Å². The molecule has 168 valence electrons. The minimum atomic E-state index is 0.0393. The van der Waals surface area contributed by atoms with E-state index in [0.29, 0.717) is 6.54 Å². The fraction of sp³-hybridized carbons (Fsp3) is 0.480. The van der Waals surface area contributed by atoms with E-state index in [1.165, 1.54) is 11.1 Å². The largest absolute Gasteiger partial charge is 0.497 e. The van der Waals surface area contributed by atoms with Crippen molar-refractivity contribution >= 4 is 5.96 Å². The van der Waals surface area contributed by atoms with Crippen LogP contribution in [0.5, 0.6) is 11.5 Å². The van der Waals surface area contributed by atoms with Crippen molar-refractivity contribution in [2.75, 3.05) is 40.5 Å². The zero-order valence-electron chi connectivity index (χ0n) is 19.2. The molecule has 0 atom stereocenters. The van der Waals surface area contributed by atoms with Gasteiger partial charge in [0.05, 0.1) is 20.8 Å². The minimum absolute atomic E-state index is 0.0393. The van der Waals surface area contributed by atoms with Crippen LogP contribution in [0.15, 0.2) is 47.5 Å². The molecule has 0 saturated carbocycles. The summed E-state index contributed by atoms with van der Waals surface area (Å²) in [5, 5.41) is 6.98. The first-order chi connectivity index (χ1) is 15.1. The van der Waals surface area contributed by atoms with Gasteiger partial charge >= 0.3 is 0 Å². The molecule has 0 aromatic heterocycles. The normalized spacial score (nSPS) is 15.9. The molecule has 2 N–H and O–H groups in total. The van der Waals surface area contributed by atoms with Crippen LogP contribution in [0.2, 0.25) is 0 Å². The van der Waals surface area contributed by atoms with E-state index in [1.54, 1.807) is 14.2 Å². The molecule has 1 heterocycles. The molecule has 1 saturated heterocycles. The van der Waals surface area contributed by atoms with Crippen LogP contribution in [0, 0.1) is 6.92 Å². The average molecular weight is 426 g/mol. The highest BCUT2D eigenvalue weighted by atomic mass is 16.5. The summed E-state index contributed by atoms with van der Waals surface area (Å²) in [5.41, 5.74) is 3.78. The SMILES string of the molecule is CCNC(=NCc1ccc(OC)cc1OC)NCC1(c2ccccc2C)CCOCC1. The van der Waals surface area contributed by atoms with Crippen molar-refractivity contribution in [2.45, 2.75) is 38.6 Å². The molecule has 31 heavy (non-hydrogen) atoms. The summed E-state index contributed by atoms with van der Waals surface area (Å²) in [7, 11) is 3.32. The highest BCUT2D eigenvalue weighted by Crippen LogP contribution is 2.36. The van der Waals surface area contributed by atoms with Crippen molar-refractivity contribution in [3.8, 4) is 11.5 Å². The number of aliphatic imine (C=N–C) groups is 1. The number of methoxy groups -OCH3 is 2. The third-order valence-electron chi connectivity index (χ3n) is 6.01. The Morgan fingerprint density at radius 3 is 2.52 bits per heavy atom. The highest BCUT2D eigenvalue weighted by molar-refractivity contribution is 5.80. The molecular weight excluding hydrogens is 390 g/mol. The predicted octanol–water partition coefficient (Wildman–Crippen LogP) is 3.82. The van der Waals surface area contributed by atoms with Gasteiger partial charge in [0.15, 0.2) is 5.96 Å². The van der Waals surface area contributed by atoms with E-state index in [4.69, 9.17) is 19.2 Å².